The van der Waals surface area contributed by atoms with E-state index in [4.69, 9.17) is 27.9 Å². The van der Waals surface area contributed by atoms with Gasteiger partial charge in [-0.25, -0.2) is 13.6 Å². The molecule has 1 saturated heterocycles. The van der Waals surface area contributed by atoms with E-state index in [0.29, 0.717) is 12.1 Å². The summed E-state index contributed by atoms with van der Waals surface area (Å²) in [6.07, 6.45) is 0.261. The number of rotatable bonds is 6. The van der Waals surface area contributed by atoms with E-state index < -0.39 is 41.3 Å². The van der Waals surface area contributed by atoms with Gasteiger partial charge < -0.3 is 4.74 Å². The molecule has 0 radical (unpaired) electrons. The van der Waals surface area contributed by atoms with Crippen molar-refractivity contribution in [3.63, 3.8) is 0 Å². The zero-order chi connectivity index (χ0) is 29.2. The van der Waals surface area contributed by atoms with E-state index in [0.717, 1.165) is 11.0 Å². The summed E-state index contributed by atoms with van der Waals surface area (Å²) in [6, 6.07) is 17.2. The van der Waals surface area contributed by atoms with Crippen LogP contribution in [0.4, 0.5) is 19.3 Å². The molecular formula is C30H29Cl2F2N3O2S. The molecule has 3 aromatic carbocycles. The summed E-state index contributed by atoms with van der Waals surface area (Å²) in [7, 11) is 0. The smallest absolute Gasteiger partial charge is 0.413 e. The highest BCUT2D eigenvalue weighted by atomic mass is 35.5. The van der Waals surface area contributed by atoms with Crippen molar-refractivity contribution >= 4 is 46.7 Å². The van der Waals surface area contributed by atoms with E-state index in [-0.39, 0.29) is 26.6 Å². The van der Waals surface area contributed by atoms with Crippen molar-refractivity contribution in [2.45, 2.75) is 55.7 Å². The molecule has 0 bridgehead atoms. The highest BCUT2D eigenvalue weighted by molar-refractivity contribution is 7.98. The number of ether oxygens (including phenoxy) is 1. The second kappa shape index (κ2) is 12.0. The molecule has 5 nitrogen and oxygen atoms in total. The monoisotopic (exact) mass is 603 g/mol. The Labute approximate surface area is 247 Å². The lowest BCUT2D eigenvalue weighted by Gasteiger charge is -2.37. The summed E-state index contributed by atoms with van der Waals surface area (Å²) in [4.78, 5) is 14.1. The van der Waals surface area contributed by atoms with Crippen LogP contribution in [-0.4, -0.2) is 24.6 Å². The van der Waals surface area contributed by atoms with Gasteiger partial charge in [-0.1, -0.05) is 68.2 Å². The summed E-state index contributed by atoms with van der Waals surface area (Å²) < 4.78 is 37.2. The van der Waals surface area contributed by atoms with Crippen molar-refractivity contribution in [3.8, 4) is 6.07 Å². The Bertz CT molecular complexity index is 1460. The maximum Gasteiger partial charge on any atom is 0.413 e. The maximum absolute atomic E-state index is 15.7. The minimum Gasteiger partial charge on any atom is -0.429 e. The molecule has 1 aliphatic rings. The van der Waals surface area contributed by atoms with E-state index in [2.05, 4.69) is 16.7 Å². The highest BCUT2D eigenvalue weighted by Gasteiger charge is 2.61. The summed E-state index contributed by atoms with van der Waals surface area (Å²) in [5.41, 5.74) is -1.49. The van der Waals surface area contributed by atoms with Gasteiger partial charge in [0, 0.05) is 27.2 Å². The van der Waals surface area contributed by atoms with Gasteiger partial charge in [0.2, 0.25) is 0 Å². The van der Waals surface area contributed by atoms with Crippen LogP contribution in [0, 0.1) is 28.4 Å². The van der Waals surface area contributed by atoms with Crippen molar-refractivity contribution in [3.05, 3.63) is 93.5 Å². The third kappa shape index (κ3) is 6.08. The Kier molecular flexibility index (Phi) is 9.01. The number of nitrogens with one attached hydrogen (secondary N) is 2. The molecule has 1 amide bonds. The Morgan fingerprint density at radius 3 is 2.52 bits per heavy atom. The predicted molar refractivity (Wildman–Crippen MR) is 156 cm³/mol. The van der Waals surface area contributed by atoms with E-state index in [9.17, 15) is 10.1 Å². The molecule has 2 N–H and O–H groups in total. The Morgan fingerprint density at radius 2 is 1.88 bits per heavy atom. The van der Waals surface area contributed by atoms with Gasteiger partial charge in [0.15, 0.2) is 6.23 Å². The predicted octanol–water partition coefficient (Wildman–Crippen LogP) is 8.52. The molecule has 4 atom stereocenters. The summed E-state index contributed by atoms with van der Waals surface area (Å²) in [5, 5.41) is 16.8. The van der Waals surface area contributed by atoms with Crippen molar-refractivity contribution < 1.29 is 18.3 Å². The van der Waals surface area contributed by atoms with Gasteiger partial charge in [-0.15, -0.1) is 11.8 Å². The van der Waals surface area contributed by atoms with Crippen LogP contribution < -0.4 is 10.6 Å². The van der Waals surface area contributed by atoms with Crippen LogP contribution in [0.5, 0.6) is 0 Å². The highest BCUT2D eigenvalue weighted by Crippen LogP contribution is 2.53. The zero-order valence-corrected chi connectivity index (χ0v) is 24.7. The maximum atomic E-state index is 15.7. The number of nitrogens with zero attached hydrogens (tertiary/aromatic N) is 1. The standard InChI is InChI=1S/C30H29Cl2F2N3O2S/c1-29(2,3)15-24-30(16-35,21-12-11-17(31)13-23(21)33)25(20-9-6-10-22(32)26(20)34)27(37-24)39-28(38)36-18-7-5-8-19(14-18)40-4/h5-14,24-25,27,37H,15H2,1-4H3,(H,36,38)/t24-,25-,27+,30-/m0/s1. The van der Waals surface area contributed by atoms with Crippen LogP contribution in [-0.2, 0) is 10.2 Å². The number of hydrogen-bond acceptors (Lipinski definition) is 5. The summed E-state index contributed by atoms with van der Waals surface area (Å²) in [6.45, 7) is 5.93. The number of thioether (sulfide) groups is 1. The lowest BCUT2D eigenvalue weighted by Crippen LogP contribution is -2.44. The molecule has 3 aromatic rings. The number of hydrogen-bond donors (Lipinski definition) is 2. The van der Waals surface area contributed by atoms with Gasteiger partial charge in [-0.2, -0.15) is 5.26 Å². The largest absolute Gasteiger partial charge is 0.429 e. The Hall–Kier alpha value is -2.83. The topological polar surface area (TPSA) is 74.2 Å². The van der Waals surface area contributed by atoms with Gasteiger partial charge in [0.05, 0.1) is 17.0 Å². The zero-order valence-electron chi connectivity index (χ0n) is 22.4. The van der Waals surface area contributed by atoms with Gasteiger partial charge in [-0.05, 0) is 60.1 Å². The average Bonchev–Trinajstić information content (AvgIpc) is 3.16. The average molecular weight is 605 g/mol. The first kappa shape index (κ1) is 30.1. The lowest BCUT2D eigenvalue weighted by molar-refractivity contribution is 0.0851. The molecule has 0 aromatic heterocycles. The molecule has 1 aliphatic heterocycles. The minimum absolute atomic E-state index is 0.0182. The molecule has 1 fully saturated rings. The van der Waals surface area contributed by atoms with Crippen LogP contribution in [0.15, 0.2) is 65.6 Å². The SMILES string of the molecule is CSc1cccc(NC(=O)O[C@H]2N[C@@H](CC(C)(C)C)[C@](C#N)(c3ccc(Cl)cc3F)[C@H]2c2cccc(Cl)c2F)c1. The van der Waals surface area contributed by atoms with Crippen LogP contribution in [0.25, 0.3) is 0 Å². The van der Waals surface area contributed by atoms with Gasteiger partial charge in [0.1, 0.15) is 17.0 Å². The number of amides is 1. The number of carbonyl (C=O) groups excluding carboxylic acids is 1. The molecule has 40 heavy (non-hydrogen) atoms. The minimum atomic E-state index is -1.70. The molecular weight excluding hydrogens is 575 g/mol. The molecule has 0 spiro atoms. The third-order valence-corrected chi connectivity index (χ3v) is 8.21. The molecule has 0 saturated carbocycles. The Balaban J connectivity index is 1.87. The van der Waals surface area contributed by atoms with Crippen LogP contribution in [0.1, 0.15) is 44.2 Å². The third-order valence-electron chi connectivity index (χ3n) is 6.95. The first-order chi connectivity index (χ1) is 18.9. The van der Waals surface area contributed by atoms with E-state index in [1.807, 2.05) is 33.1 Å². The summed E-state index contributed by atoms with van der Waals surface area (Å²) in [5.74, 6) is -2.66. The lowest BCUT2D eigenvalue weighted by atomic mass is 9.63. The number of carbonyl (C=O) groups is 1. The number of halogens is 4. The summed E-state index contributed by atoms with van der Waals surface area (Å²) >= 11 is 13.7. The van der Waals surface area contributed by atoms with Crippen LogP contribution in [0.3, 0.4) is 0 Å². The first-order valence-electron chi connectivity index (χ1n) is 12.6. The molecule has 210 valence electrons. The van der Waals surface area contributed by atoms with Gasteiger partial charge in [-0.3, -0.25) is 10.6 Å². The van der Waals surface area contributed by atoms with Crippen molar-refractivity contribution in [2.75, 3.05) is 11.6 Å². The van der Waals surface area contributed by atoms with E-state index in [1.54, 1.807) is 24.3 Å². The van der Waals surface area contributed by atoms with E-state index in [1.165, 1.54) is 36.0 Å². The number of anilines is 1. The normalized spacial score (nSPS) is 22.5. The molecule has 0 aliphatic carbocycles. The van der Waals surface area contributed by atoms with Crippen LogP contribution >= 0.6 is 35.0 Å². The van der Waals surface area contributed by atoms with Crippen molar-refractivity contribution in [1.82, 2.24) is 5.32 Å². The van der Waals surface area contributed by atoms with Crippen molar-refractivity contribution in [2.24, 2.45) is 5.41 Å². The first-order valence-corrected chi connectivity index (χ1v) is 14.6. The second-order valence-corrected chi connectivity index (χ2v) is 12.6. The molecule has 10 heteroatoms. The van der Waals surface area contributed by atoms with Crippen LogP contribution in [0.2, 0.25) is 10.0 Å². The molecule has 1 heterocycles. The fourth-order valence-corrected chi connectivity index (χ4v) is 6.14. The Morgan fingerprint density at radius 1 is 1.15 bits per heavy atom. The number of nitriles is 1. The second-order valence-electron chi connectivity index (χ2n) is 10.9. The van der Waals surface area contributed by atoms with E-state index >= 15 is 8.78 Å². The van der Waals surface area contributed by atoms with Gasteiger partial charge >= 0.3 is 6.09 Å². The molecule has 4 rings (SSSR count). The van der Waals surface area contributed by atoms with Crippen molar-refractivity contribution in [1.29, 1.82) is 5.26 Å². The fourth-order valence-electron chi connectivity index (χ4n) is 5.34. The number of benzene rings is 3. The quantitative estimate of drug-likeness (QED) is 0.276. The van der Waals surface area contributed by atoms with Gasteiger partial charge in [0.25, 0.3) is 0 Å². The fraction of sp³-hybridized carbons (Fsp3) is 0.333. The molecule has 0 unspecified atom stereocenters.